The maximum absolute atomic E-state index is 13.6. The minimum atomic E-state index is -0.474. The molecule has 0 saturated carbocycles. The molecule has 0 aliphatic carbocycles. The molecular weight excluding hydrogens is 297 g/mol. The third-order valence-corrected chi connectivity index (χ3v) is 3.37. The Balaban J connectivity index is 2.29. The molecule has 0 unspecified atom stereocenters. The topological polar surface area (TPSA) is 47.4 Å². The van der Waals surface area contributed by atoms with E-state index >= 15 is 0 Å². The lowest BCUT2D eigenvalue weighted by molar-refractivity contribution is -0.114. The Hall–Kier alpha value is -2.63. The van der Waals surface area contributed by atoms with E-state index in [0.29, 0.717) is 12.2 Å². The van der Waals surface area contributed by atoms with Crippen LogP contribution in [0, 0.1) is 5.82 Å². The fourth-order valence-corrected chi connectivity index (χ4v) is 2.25. The molecule has 1 aromatic heterocycles. The monoisotopic (exact) mass is 317 g/mol. The average molecular weight is 317 g/mol. The number of anilines is 1. The molecule has 0 atom stereocenters. The number of rotatable bonds is 7. The molecule has 1 amide bonds. The highest BCUT2D eigenvalue weighted by Crippen LogP contribution is 2.26. The Labute approximate surface area is 135 Å². The van der Waals surface area contributed by atoms with Crippen molar-refractivity contribution in [1.82, 2.24) is 9.78 Å². The predicted molar refractivity (Wildman–Crippen MR) is 86.9 cm³/mol. The third-order valence-electron chi connectivity index (χ3n) is 3.37. The van der Waals surface area contributed by atoms with E-state index in [0.717, 1.165) is 18.5 Å². The molecule has 0 fully saturated rings. The van der Waals surface area contributed by atoms with Gasteiger partial charge in [-0.3, -0.25) is 9.48 Å². The van der Waals surface area contributed by atoms with Crippen LogP contribution in [0.4, 0.5) is 10.1 Å². The van der Waals surface area contributed by atoms with Crippen LogP contribution >= 0.6 is 0 Å². The molecule has 0 aliphatic rings. The van der Waals surface area contributed by atoms with Gasteiger partial charge in [0.15, 0.2) is 11.6 Å². The van der Waals surface area contributed by atoms with Gasteiger partial charge in [-0.25, -0.2) is 4.39 Å². The summed E-state index contributed by atoms with van der Waals surface area (Å²) in [7, 11) is 1.39. The van der Waals surface area contributed by atoms with Gasteiger partial charge in [-0.05, 0) is 24.6 Å². The zero-order chi connectivity index (χ0) is 16.8. The second kappa shape index (κ2) is 7.58. The van der Waals surface area contributed by atoms with Crippen molar-refractivity contribution in [2.75, 3.05) is 12.0 Å². The fraction of sp³-hybridized carbons (Fsp3) is 0.294. The lowest BCUT2D eigenvalue weighted by Gasteiger charge is -2.21. The van der Waals surface area contributed by atoms with Gasteiger partial charge in [0.2, 0.25) is 0 Å². The van der Waals surface area contributed by atoms with Crippen LogP contribution in [-0.2, 0) is 17.9 Å². The average Bonchev–Trinajstić information content (AvgIpc) is 3.00. The molecule has 2 aromatic rings. The van der Waals surface area contributed by atoms with Crippen LogP contribution in [-0.4, -0.2) is 22.8 Å². The quantitative estimate of drug-likeness (QED) is 0.737. The molecule has 23 heavy (non-hydrogen) atoms. The van der Waals surface area contributed by atoms with Gasteiger partial charge >= 0.3 is 0 Å². The molecule has 0 bridgehead atoms. The highest BCUT2D eigenvalue weighted by Gasteiger charge is 2.16. The number of nitrogens with zero attached hydrogens (tertiary/aromatic N) is 3. The Kier molecular flexibility index (Phi) is 5.51. The van der Waals surface area contributed by atoms with Crippen LogP contribution < -0.4 is 9.64 Å². The second-order valence-electron chi connectivity index (χ2n) is 5.06. The standard InChI is InChI=1S/C17H20FN3O2/c1-4-8-20-11-13(10-19-20)12-21(17(22)5-2)14-6-7-15(18)16(9-14)23-3/h5-7,9-11H,2,4,8,12H2,1,3H3. The maximum atomic E-state index is 13.6. The van der Waals surface area contributed by atoms with E-state index < -0.39 is 5.82 Å². The molecule has 1 aromatic carbocycles. The second-order valence-corrected chi connectivity index (χ2v) is 5.06. The number of methoxy groups -OCH3 is 1. The lowest BCUT2D eigenvalue weighted by atomic mass is 10.2. The van der Waals surface area contributed by atoms with Crippen LogP contribution in [0.25, 0.3) is 0 Å². The Bertz CT molecular complexity index is 697. The number of carbonyl (C=O) groups excluding carboxylic acids is 1. The first-order valence-electron chi connectivity index (χ1n) is 7.37. The van der Waals surface area contributed by atoms with Gasteiger partial charge in [0.1, 0.15) is 0 Å². The zero-order valence-corrected chi connectivity index (χ0v) is 13.3. The fourth-order valence-electron chi connectivity index (χ4n) is 2.25. The van der Waals surface area contributed by atoms with E-state index in [9.17, 15) is 9.18 Å². The number of hydrogen-bond donors (Lipinski definition) is 0. The summed E-state index contributed by atoms with van der Waals surface area (Å²) in [5.41, 5.74) is 1.42. The smallest absolute Gasteiger partial charge is 0.250 e. The molecule has 122 valence electrons. The normalized spacial score (nSPS) is 10.4. The van der Waals surface area contributed by atoms with Crippen molar-refractivity contribution in [3.05, 3.63) is 54.6 Å². The SMILES string of the molecule is C=CC(=O)N(Cc1cnn(CCC)c1)c1ccc(F)c(OC)c1. The number of aromatic nitrogens is 2. The van der Waals surface area contributed by atoms with Crippen molar-refractivity contribution in [1.29, 1.82) is 0 Å². The third kappa shape index (κ3) is 3.97. The lowest BCUT2D eigenvalue weighted by Crippen LogP contribution is -2.28. The highest BCUT2D eigenvalue weighted by molar-refractivity contribution is 6.01. The Morgan fingerprint density at radius 3 is 2.96 bits per heavy atom. The number of carbonyl (C=O) groups is 1. The summed E-state index contributed by atoms with van der Waals surface area (Å²) in [6, 6.07) is 4.31. The molecule has 5 nitrogen and oxygen atoms in total. The minimum absolute atomic E-state index is 0.0889. The van der Waals surface area contributed by atoms with Crippen LogP contribution in [0.2, 0.25) is 0 Å². The van der Waals surface area contributed by atoms with E-state index in [-0.39, 0.29) is 11.7 Å². The largest absolute Gasteiger partial charge is 0.494 e. The van der Waals surface area contributed by atoms with E-state index in [4.69, 9.17) is 4.74 Å². The van der Waals surface area contributed by atoms with E-state index in [1.54, 1.807) is 6.20 Å². The minimum Gasteiger partial charge on any atom is -0.494 e. The van der Waals surface area contributed by atoms with E-state index in [1.807, 2.05) is 10.9 Å². The summed E-state index contributed by atoms with van der Waals surface area (Å²) in [5, 5.41) is 4.25. The first-order valence-corrected chi connectivity index (χ1v) is 7.37. The summed E-state index contributed by atoms with van der Waals surface area (Å²) in [5.74, 6) is -0.661. The predicted octanol–water partition coefficient (Wildman–Crippen LogP) is 3.16. The molecule has 0 radical (unpaired) electrons. The van der Waals surface area contributed by atoms with Crippen LogP contribution in [0.5, 0.6) is 5.75 Å². The van der Waals surface area contributed by atoms with Gasteiger partial charge in [-0.1, -0.05) is 13.5 Å². The Morgan fingerprint density at radius 2 is 2.30 bits per heavy atom. The number of ether oxygens (including phenoxy) is 1. The summed E-state index contributed by atoms with van der Waals surface area (Å²) in [6.07, 6.45) is 5.82. The number of halogens is 1. The van der Waals surface area contributed by atoms with Crippen molar-refractivity contribution in [3.63, 3.8) is 0 Å². The van der Waals surface area contributed by atoms with Crippen LogP contribution in [0.1, 0.15) is 18.9 Å². The first-order chi connectivity index (χ1) is 11.1. The van der Waals surface area contributed by atoms with Gasteiger partial charge in [0, 0.05) is 30.1 Å². The summed E-state index contributed by atoms with van der Waals surface area (Å²) < 4.78 is 20.4. The van der Waals surface area contributed by atoms with Crippen molar-refractivity contribution >= 4 is 11.6 Å². The van der Waals surface area contributed by atoms with Gasteiger partial charge in [-0.15, -0.1) is 0 Å². The molecule has 0 saturated heterocycles. The number of hydrogen-bond acceptors (Lipinski definition) is 3. The van der Waals surface area contributed by atoms with Crippen LogP contribution in [0.3, 0.4) is 0 Å². The molecule has 2 rings (SSSR count). The maximum Gasteiger partial charge on any atom is 0.250 e. The summed E-state index contributed by atoms with van der Waals surface area (Å²) in [4.78, 5) is 13.7. The Morgan fingerprint density at radius 1 is 1.52 bits per heavy atom. The molecule has 0 spiro atoms. The van der Waals surface area contributed by atoms with Gasteiger partial charge in [0.25, 0.3) is 5.91 Å². The first kappa shape index (κ1) is 16.7. The van der Waals surface area contributed by atoms with Crippen molar-refractivity contribution in [2.24, 2.45) is 0 Å². The number of amides is 1. The zero-order valence-electron chi connectivity index (χ0n) is 13.3. The van der Waals surface area contributed by atoms with Gasteiger partial charge in [0.05, 0.1) is 19.9 Å². The van der Waals surface area contributed by atoms with Crippen molar-refractivity contribution in [2.45, 2.75) is 26.4 Å². The molecule has 6 heteroatoms. The number of benzene rings is 1. The number of aryl methyl sites for hydroxylation is 1. The van der Waals surface area contributed by atoms with Crippen molar-refractivity contribution in [3.8, 4) is 5.75 Å². The molecule has 0 N–H and O–H groups in total. The van der Waals surface area contributed by atoms with Gasteiger partial charge in [-0.2, -0.15) is 5.10 Å². The molecule has 0 aliphatic heterocycles. The van der Waals surface area contributed by atoms with E-state index in [1.165, 1.54) is 36.3 Å². The van der Waals surface area contributed by atoms with E-state index in [2.05, 4.69) is 18.6 Å². The molecular formula is C17H20FN3O2. The molecule has 1 heterocycles. The van der Waals surface area contributed by atoms with Gasteiger partial charge < -0.3 is 9.64 Å². The highest BCUT2D eigenvalue weighted by atomic mass is 19.1. The summed E-state index contributed by atoms with van der Waals surface area (Å²) in [6.45, 7) is 6.74. The van der Waals surface area contributed by atoms with Crippen molar-refractivity contribution < 1.29 is 13.9 Å². The van der Waals surface area contributed by atoms with Crippen LogP contribution in [0.15, 0.2) is 43.2 Å². The summed E-state index contributed by atoms with van der Waals surface area (Å²) >= 11 is 0.